The van der Waals surface area contributed by atoms with Crippen LogP contribution in [-0.2, 0) is 11.2 Å². The van der Waals surface area contributed by atoms with Crippen molar-refractivity contribution in [3.63, 3.8) is 0 Å². The monoisotopic (exact) mass is 542 g/mol. The van der Waals surface area contributed by atoms with Crippen molar-refractivity contribution < 1.29 is 9.29 Å². The Morgan fingerprint density at radius 1 is 1.11 bits per heavy atom. The number of anilines is 1. The van der Waals surface area contributed by atoms with E-state index in [0.29, 0.717) is 33.2 Å². The third-order valence-corrected chi connectivity index (χ3v) is 9.12. The lowest BCUT2D eigenvalue weighted by atomic mass is 9.86. The summed E-state index contributed by atoms with van der Waals surface area (Å²) < 4.78 is 17.9. The maximum absolute atomic E-state index is 11.7. The fraction of sp³-hybridized carbons (Fsp3) is 0.360. The van der Waals surface area contributed by atoms with Crippen LogP contribution in [-0.4, -0.2) is 54.3 Å². The van der Waals surface area contributed by atoms with Gasteiger partial charge in [0.1, 0.15) is 29.1 Å². The molecule has 2 unspecified atom stereocenters. The minimum absolute atomic E-state index is 0.368. The van der Waals surface area contributed by atoms with Gasteiger partial charge in [-0.25, -0.2) is 9.97 Å². The van der Waals surface area contributed by atoms with Gasteiger partial charge in [0.25, 0.3) is 0 Å². The van der Waals surface area contributed by atoms with Crippen molar-refractivity contribution in [3.8, 4) is 17.0 Å². The molecule has 36 heavy (non-hydrogen) atoms. The molecule has 0 amide bonds. The first kappa shape index (κ1) is 23.8. The number of benzene rings is 1. The van der Waals surface area contributed by atoms with Crippen molar-refractivity contribution in [1.29, 1.82) is 0 Å². The van der Waals surface area contributed by atoms with Crippen LogP contribution in [0.2, 0.25) is 10.0 Å². The molecule has 2 aliphatic heterocycles. The lowest BCUT2D eigenvalue weighted by Gasteiger charge is -2.41. The van der Waals surface area contributed by atoms with Gasteiger partial charge in [-0.05, 0) is 31.5 Å². The average Bonchev–Trinajstić information content (AvgIpc) is 3.44. The third kappa shape index (κ3) is 4.49. The van der Waals surface area contributed by atoms with E-state index < -0.39 is 11.2 Å². The van der Waals surface area contributed by atoms with Gasteiger partial charge in [0.05, 0.1) is 15.6 Å². The fourth-order valence-corrected chi connectivity index (χ4v) is 7.32. The molecule has 2 saturated heterocycles. The van der Waals surface area contributed by atoms with Crippen LogP contribution in [0, 0.1) is 11.8 Å². The maximum Gasteiger partial charge on any atom is 0.225 e. The second kappa shape index (κ2) is 9.70. The number of nitrogens with one attached hydrogen (secondary N) is 1. The lowest BCUT2D eigenvalue weighted by molar-refractivity contribution is 0.227. The fourth-order valence-electron chi connectivity index (χ4n) is 5.00. The predicted octanol–water partition coefficient (Wildman–Crippen LogP) is 5.07. The molecule has 3 aromatic heterocycles. The Morgan fingerprint density at radius 3 is 2.56 bits per heavy atom. The summed E-state index contributed by atoms with van der Waals surface area (Å²) in [6.07, 6.45) is 7.44. The highest BCUT2D eigenvalue weighted by Gasteiger charge is 2.40. The number of pyridine rings is 1. The number of aromatic amines is 1. The smallest absolute Gasteiger partial charge is 0.225 e. The minimum Gasteiger partial charge on any atom is -0.616 e. The van der Waals surface area contributed by atoms with E-state index in [-0.39, 0.29) is 6.10 Å². The normalized spacial score (nSPS) is 21.1. The van der Waals surface area contributed by atoms with E-state index in [1.807, 2.05) is 37.5 Å². The van der Waals surface area contributed by atoms with E-state index in [0.717, 1.165) is 59.1 Å². The molecule has 1 aromatic carbocycles. The molecule has 0 saturated carbocycles. The Balaban J connectivity index is 1.18. The van der Waals surface area contributed by atoms with E-state index in [4.69, 9.17) is 27.9 Å². The molecular formula is C25H24Cl2N6O2S. The van der Waals surface area contributed by atoms with Crippen LogP contribution < -0.4 is 9.64 Å². The second-order valence-corrected chi connectivity index (χ2v) is 11.8. The summed E-state index contributed by atoms with van der Waals surface area (Å²) in [4.78, 5) is 15.4. The Kier molecular flexibility index (Phi) is 6.41. The Morgan fingerprint density at radius 2 is 1.86 bits per heavy atom. The van der Waals surface area contributed by atoms with Crippen LogP contribution in [0.3, 0.4) is 0 Å². The summed E-state index contributed by atoms with van der Waals surface area (Å²) in [5, 5.41) is 9.40. The quantitative estimate of drug-likeness (QED) is 0.339. The van der Waals surface area contributed by atoms with E-state index in [9.17, 15) is 4.55 Å². The van der Waals surface area contributed by atoms with Gasteiger partial charge in [-0.2, -0.15) is 5.10 Å². The average molecular weight is 543 g/mol. The van der Waals surface area contributed by atoms with Gasteiger partial charge in [-0.3, -0.25) is 10.1 Å². The van der Waals surface area contributed by atoms with Crippen molar-refractivity contribution in [2.45, 2.75) is 19.4 Å². The number of halogens is 2. The Hall–Kier alpha value is -2.59. The molecule has 8 nitrogen and oxygen atoms in total. The minimum atomic E-state index is -0.629. The molecule has 186 valence electrons. The summed E-state index contributed by atoms with van der Waals surface area (Å²) in [5.41, 5.74) is 3.15. The SMILES string of the molecule is C[C@@H](Oc1ccc2[nH]nc(-c3cnc(N4CC(C5CC[S+]([O-])C5)C4)nc3)c2c1)c1c(Cl)cncc1Cl. The van der Waals surface area contributed by atoms with Gasteiger partial charge in [0, 0.05) is 66.2 Å². The van der Waals surface area contributed by atoms with Crippen LogP contribution in [0.25, 0.3) is 22.2 Å². The molecular weight excluding hydrogens is 519 g/mol. The molecule has 5 heterocycles. The highest BCUT2D eigenvalue weighted by atomic mass is 35.5. The first-order valence-electron chi connectivity index (χ1n) is 11.8. The topological polar surface area (TPSA) is 103 Å². The van der Waals surface area contributed by atoms with E-state index in [1.165, 1.54) is 0 Å². The van der Waals surface area contributed by atoms with E-state index >= 15 is 0 Å². The molecule has 0 bridgehead atoms. The summed E-state index contributed by atoms with van der Waals surface area (Å²) in [5.74, 6) is 4.24. The van der Waals surface area contributed by atoms with Gasteiger partial charge in [-0.1, -0.05) is 34.4 Å². The number of hydrogen-bond acceptors (Lipinski definition) is 7. The number of rotatable bonds is 6. The lowest BCUT2D eigenvalue weighted by Crippen LogP contribution is -2.51. The van der Waals surface area contributed by atoms with Crippen molar-refractivity contribution in [2.24, 2.45) is 11.8 Å². The molecule has 0 aliphatic carbocycles. The second-order valence-electron chi connectivity index (χ2n) is 9.35. The summed E-state index contributed by atoms with van der Waals surface area (Å²) in [6.45, 7) is 3.75. The first-order valence-corrected chi connectivity index (χ1v) is 14.1. The number of fused-ring (bicyclic) bond motifs is 1. The van der Waals surface area contributed by atoms with E-state index in [2.05, 4.69) is 30.0 Å². The van der Waals surface area contributed by atoms with Crippen LogP contribution in [0.1, 0.15) is 25.0 Å². The van der Waals surface area contributed by atoms with Gasteiger partial charge in [-0.15, -0.1) is 0 Å². The van der Waals surface area contributed by atoms with Crippen molar-refractivity contribution in [2.75, 3.05) is 29.5 Å². The zero-order valence-corrected chi connectivity index (χ0v) is 21.9. The van der Waals surface area contributed by atoms with Crippen LogP contribution in [0.4, 0.5) is 5.95 Å². The maximum atomic E-state index is 11.7. The van der Waals surface area contributed by atoms with Gasteiger partial charge in [0.15, 0.2) is 0 Å². The van der Waals surface area contributed by atoms with Crippen molar-refractivity contribution in [1.82, 2.24) is 25.1 Å². The van der Waals surface area contributed by atoms with Crippen LogP contribution in [0.5, 0.6) is 5.75 Å². The molecule has 0 radical (unpaired) electrons. The van der Waals surface area contributed by atoms with E-state index in [1.54, 1.807) is 12.4 Å². The first-order chi connectivity index (χ1) is 17.5. The van der Waals surface area contributed by atoms with Crippen molar-refractivity contribution >= 4 is 51.2 Å². The zero-order valence-electron chi connectivity index (χ0n) is 19.5. The van der Waals surface area contributed by atoms with Crippen LogP contribution in [0.15, 0.2) is 43.0 Å². The Bertz CT molecular complexity index is 1380. The molecule has 2 fully saturated rings. The standard InChI is InChI=1S/C25H24Cl2N6O2S/c1-14(23-20(26)9-28-10-21(23)27)35-18-2-3-22-19(6-18)24(32-31-22)16-7-29-25(30-8-16)33-11-17(12-33)15-4-5-36(34)13-15/h2-3,6-10,14-15,17H,4-5,11-13H2,1H3,(H,31,32)/t14-,15?,36?/m1/s1. The molecule has 11 heteroatoms. The molecule has 0 spiro atoms. The number of ether oxygens (including phenoxy) is 1. The molecule has 1 N–H and O–H groups in total. The van der Waals surface area contributed by atoms with Gasteiger partial charge >= 0.3 is 0 Å². The number of nitrogens with zero attached hydrogens (tertiary/aromatic N) is 5. The van der Waals surface area contributed by atoms with Crippen LogP contribution >= 0.6 is 23.2 Å². The summed E-state index contributed by atoms with van der Waals surface area (Å²) in [7, 11) is 0. The third-order valence-electron chi connectivity index (χ3n) is 7.03. The predicted molar refractivity (Wildman–Crippen MR) is 142 cm³/mol. The van der Waals surface area contributed by atoms with Gasteiger partial charge in [0.2, 0.25) is 5.95 Å². The summed E-state index contributed by atoms with van der Waals surface area (Å²) >= 11 is 12.0. The molecule has 3 atom stereocenters. The summed E-state index contributed by atoms with van der Waals surface area (Å²) in [6, 6.07) is 5.74. The molecule has 4 aromatic rings. The van der Waals surface area contributed by atoms with Crippen molar-refractivity contribution in [3.05, 3.63) is 58.6 Å². The Labute approximate surface area is 221 Å². The largest absolute Gasteiger partial charge is 0.616 e. The number of aromatic nitrogens is 5. The number of hydrogen-bond donors (Lipinski definition) is 1. The molecule has 6 rings (SSSR count). The van der Waals surface area contributed by atoms with Gasteiger partial charge < -0.3 is 14.2 Å². The molecule has 2 aliphatic rings. The highest BCUT2D eigenvalue weighted by Crippen LogP contribution is 2.36. The highest BCUT2D eigenvalue weighted by molar-refractivity contribution is 7.91. The number of H-pyrrole nitrogens is 1. The zero-order chi connectivity index (χ0) is 24.8.